The molecule has 1 aliphatic carbocycles. The molecule has 1 spiro atoms. The topological polar surface area (TPSA) is 78.9 Å². The first kappa shape index (κ1) is 17.5. The number of likely N-dealkylation sites (N-methyl/N-ethyl adjacent to an activating group) is 1. The van der Waals surface area contributed by atoms with E-state index in [2.05, 4.69) is 5.32 Å². The lowest BCUT2D eigenvalue weighted by atomic mass is 9.66. The van der Waals surface area contributed by atoms with E-state index in [1.807, 2.05) is 29.2 Å². The van der Waals surface area contributed by atoms with Gasteiger partial charge >= 0.3 is 0 Å². The normalized spacial score (nSPS) is 36.2. The van der Waals surface area contributed by atoms with E-state index in [0.29, 0.717) is 25.7 Å². The Labute approximate surface area is 153 Å². The summed E-state index contributed by atoms with van der Waals surface area (Å²) in [5.41, 5.74) is 0.734. The van der Waals surface area contributed by atoms with Crippen molar-refractivity contribution in [1.29, 1.82) is 0 Å². The lowest BCUT2D eigenvalue weighted by Crippen LogP contribution is -2.66. The van der Waals surface area contributed by atoms with E-state index in [0.717, 1.165) is 17.7 Å². The quantitative estimate of drug-likeness (QED) is 0.836. The molecule has 0 radical (unpaired) electrons. The Bertz CT molecular complexity index is 719. The molecule has 2 saturated heterocycles. The number of ether oxygens (including phenoxy) is 1. The van der Waals surface area contributed by atoms with Gasteiger partial charge < -0.3 is 20.1 Å². The maximum Gasteiger partial charge on any atom is 0.240 e. The van der Waals surface area contributed by atoms with Crippen molar-refractivity contribution in [2.45, 2.75) is 55.8 Å². The number of hydrogen-bond acceptors (Lipinski definition) is 5. The number of Topliss-reactive ketones (excluding diaryl/α,β-unsaturated/α-hetero) is 1. The molecule has 2 N–H and O–H groups in total. The standard InChI is InChI=1S/C20H26N2O4/c1-21-15-11-20-8-7-17(23)14(10-20)18(24)16(22(20)19(15)25)9-12-3-5-13(26-2)6-4-12/h3-6,14-16,18,21,24H,7-11H2,1-2H3/t14-,15-,16-,18-,20-/m0/s1. The van der Waals surface area contributed by atoms with Crippen LogP contribution in [0.2, 0.25) is 0 Å². The molecule has 4 rings (SSSR count). The molecule has 1 aromatic carbocycles. The Morgan fingerprint density at radius 3 is 2.65 bits per heavy atom. The fourth-order valence-electron chi connectivity index (χ4n) is 5.23. The number of rotatable bonds is 4. The first-order valence-electron chi connectivity index (χ1n) is 9.33. The first-order chi connectivity index (χ1) is 12.5. The molecule has 1 saturated carbocycles. The van der Waals surface area contributed by atoms with Crippen LogP contribution in [0.3, 0.4) is 0 Å². The summed E-state index contributed by atoms with van der Waals surface area (Å²) in [4.78, 5) is 27.4. The molecule has 2 heterocycles. The van der Waals surface area contributed by atoms with E-state index in [4.69, 9.17) is 4.74 Å². The van der Waals surface area contributed by atoms with Gasteiger partial charge in [0.2, 0.25) is 5.91 Å². The Morgan fingerprint density at radius 1 is 1.27 bits per heavy atom. The molecule has 0 aromatic heterocycles. The van der Waals surface area contributed by atoms with Crippen molar-refractivity contribution in [3.63, 3.8) is 0 Å². The minimum absolute atomic E-state index is 0.0536. The molecule has 140 valence electrons. The molecule has 26 heavy (non-hydrogen) atoms. The third kappa shape index (κ3) is 2.55. The van der Waals surface area contributed by atoms with Gasteiger partial charge in [-0.1, -0.05) is 12.1 Å². The number of carbonyl (C=O) groups excluding carboxylic acids is 2. The third-order valence-corrected chi connectivity index (χ3v) is 6.57. The second-order valence-corrected chi connectivity index (χ2v) is 7.87. The fourth-order valence-corrected chi connectivity index (χ4v) is 5.23. The van der Waals surface area contributed by atoms with E-state index in [1.165, 1.54) is 0 Å². The highest BCUT2D eigenvalue weighted by Gasteiger charge is 2.61. The lowest BCUT2D eigenvalue weighted by molar-refractivity contribution is -0.162. The summed E-state index contributed by atoms with van der Waals surface area (Å²) in [6.45, 7) is 0. The number of carbonyl (C=O) groups is 2. The minimum atomic E-state index is -0.808. The van der Waals surface area contributed by atoms with Gasteiger partial charge in [0.15, 0.2) is 0 Å². The molecule has 6 heteroatoms. The first-order valence-corrected chi connectivity index (χ1v) is 9.33. The zero-order chi connectivity index (χ0) is 18.5. The van der Waals surface area contributed by atoms with Crippen molar-refractivity contribution in [3.05, 3.63) is 29.8 Å². The number of benzene rings is 1. The Morgan fingerprint density at radius 2 is 2.00 bits per heavy atom. The molecule has 5 atom stereocenters. The van der Waals surface area contributed by atoms with Gasteiger partial charge in [0, 0.05) is 17.9 Å². The van der Waals surface area contributed by atoms with E-state index in [9.17, 15) is 14.7 Å². The summed E-state index contributed by atoms with van der Waals surface area (Å²) >= 11 is 0. The Balaban J connectivity index is 1.68. The molecule has 0 unspecified atom stereocenters. The van der Waals surface area contributed by atoms with Crippen LogP contribution in [-0.4, -0.2) is 59.6 Å². The molecule has 1 amide bonds. The van der Waals surface area contributed by atoms with Crippen molar-refractivity contribution in [2.75, 3.05) is 14.2 Å². The molecule has 2 aliphatic heterocycles. The number of piperidine rings is 1. The van der Waals surface area contributed by atoms with Gasteiger partial charge in [-0.25, -0.2) is 0 Å². The average Bonchev–Trinajstić information content (AvgIpc) is 2.93. The zero-order valence-corrected chi connectivity index (χ0v) is 15.3. The van der Waals surface area contributed by atoms with Crippen LogP contribution < -0.4 is 10.1 Å². The minimum Gasteiger partial charge on any atom is -0.497 e. The van der Waals surface area contributed by atoms with Crippen LogP contribution in [0.5, 0.6) is 5.75 Å². The SMILES string of the molecule is CN[C@H]1C[C@]23CCC(=O)[C@H](C2)[C@H](O)[C@H](Cc2ccc(OC)cc2)N3C1=O. The summed E-state index contributed by atoms with van der Waals surface area (Å²) in [6.07, 6.45) is 2.21. The van der Waals surface area contributed by atoms with Crippen LogP contribution in [0.4, 0.5) is 0 Å². The van der Waals surface area contributed by atoms with Gasteiger partial charge in [-0.05, 0) is 50.4 Å². The van der Waals surface area contributed by atoms with Gasteiger partial charge in [-0.2, -0.15) is 0 Å². The molecule has 6 nitrogen and oxygen atoms in total. The smallest absolute Gasteiger partial charge is 0.240 e. The molecular formula is C20H26N2O4. The Kier molecular flexibility index (Phi) is 4.28. The van der Waals surface area contributed by atoms with Gasteiger partial charge in [0.25, 0.3) is 0 Å². The van der Waals surface area contributed by atoms with Crippen LogP contribution >= 0.6 is 0 Å². The van der Waals surface area contributed by atoms with Crippen molar-refractivity contribution < 1.29 is 19.4 Å². The van der Waals surface area contributed by atoms with Crippen LogP contribution in [0.15, 0.2) is 24.3 Å². The highest BCUT2D eigenvalue weighted by molar-refractivity contribution is 5.89. The second-order valence-electron chi connectivity index (χ2n) is 7.87. The number of nitrogens with one attached hydrogen (secondary N) is 1. The second kappa shape index (κ2) is 6.35. The largest absolute Gasteiger partial charge is 0.497 e. The molecular weight excluding hydrogens is 332 g/mol. The number of amides is 1. The molecule has 3 aliphatic rings. The van der Waals surface area contributed by atoms with E-state index in [1.54, 1.807) is 14.2 Å². The summed E-state index contributed by atoms with van der Waals surface area (Å²) in [6, 6.07) is 7.09. The van der Waals surface area contributed by atoms with Crippen molar-refractivity contribution in [3.8, 4) is 5.75 Å². The number of aliphatic hydroxyl groups is 1. The monoisotopic (exact) mass is 358 g/mol. The van der Waals surface area contributed by atoms with Crippen molar-refractivity contribution in [1.82, 2.24) is 10.2 Å². The van der Waals surface area contributed by atoms with E-state index in [-0.39, 0.29) is 35.2 Å². The maximum atomic E-state index is 13.0. The summed E-state index contributed by atoms with van der Waals surface area (Å²) < 4.78 is 5.20. The van der Waals surface area contributed by atoms with Crippen LogP contribution in [-0.2, 0) is 16.0 Å². The number of aliphatic hydroxyl groups excluding tert-OH is 1. The van der Waals surface area contributed by atoms with Gasteiger partial charge in [0.05, 0.1) is 25.3 Å². The Hall–Kier alpha value is -1.92. The maximum absolute atomic E-state index is 13.0. The predicted octanol–water partition coefficient (Wildman–Crippen LogP) is 0.909. The average molecular weight is 358 g/mol. The molecule has 2 bridgehead atoms. The van der Waals surface area contributed by atoms with Gasteiger partial charge in [-0.15, -0.1) is 0 Å². The third-order valence-electron chi connectivity index (χ3n) is 6.57. The summed E-state index contributed by atoms with van der Waals surface area (Å²) in [5.74, 6) is 0.612. The van der Waals surface area contributed by atoms with Gasteiger partial charge in [-0.3, -0.25) is 9.59 Å². The van der Waals surface area contributed by atoms with Crippen LogP contribution in [0, 0.1) is 5.92 Å². The van der Waals surface area contributed by atoms with E-state index >= 15 is 0 Å². The number of hydrogen-bond donors (Lipinski definition) is 2. The lowest BCUT2D eigenvalue weighted by Gasteiger charge is -2.54. The number of ketones is 1. The zero-order valence-electron chi connectivity index (χ0n) is 15.3. The highest BCUT2D eigenvalue weighted by atomic mass is 16.5. The van der Waals surface area contributed by atoms with Gasteiger partial charge in [0.1, 0.15) is 11.5 Å². The van der Waals surface area contributed by atoms with Crippen molar-refractivity contribution in [2.24, 2.45) is 5.92 Å². The molecule has 3 fully saturated rings. The predicted molar refractivity (Wildman–Crippen MR) is 95.9 cm³/mol. The van der Waals surface area contributed by atoms with Crippen molar-refractivity contribution >= 4 is 11.7 Å². The van der Waals surface area contributed by atoms with E-state index < -0.39 is 6.10 Å². The number of nitrogens with zero attached hydrogens (tertiary/aromatic N) is 1. The molecule has 1 aromatic rings. The van der Waals surface area contributed by atoms with Crippen LogP contribution in [0.25, 0.3) is 0 Å². The number of fused-ring (bicyclic) bond motifs is 1. The van der Waals surface area contributed by atoms with Crippen LogP contribution in [0.1, 0.15) is 31.2 Å². The highest BCUT2D eigenvalue weighted by Crippen LogP contribution is 2.50. The summed E-state index contributed by atoms with van der Waals surface area (Å²) in [7, 11) is 3.43. The number of methoxy groups -OCH3 is 1. The fraction of sp³-hybridized carbons (Fsp3) is 0.600. The summed E-state index contributed by atoms with van der Waals surface area (Å²) in [5, 5.41) is 14.1.